The lowest BCUT2D eigenvalue weighted by molar-refractivity contribution is -0.385. The van der Waals surface area contributed by atoms with Gasteiger partial charge in [0.05, 0.1) is 17.6 Å². The molecule has 0 radical (unpaired) electrons. The molecule has 1 heterocycles. The highest BCUT2D eigenvalue weighted by molar-refractivity contribution is 7.17. The topological polar surface area (TPSA) is 125 Å². The van der Waals surface area contributed by atoms with Crippen molar-refractivity contribution >= 4 is 33.8 Å². The van der Waals surface area contributed by atoms with Gasteiger partial charge in [-0.3, -0.25) is 19.7 Å². The molecule has 0 unspecified atom stereocenters. The number of methoxy groups -OCH3 is 1. The average molecular weight is 361 g/mol. The van der Waals surface area contributed by atoms with Gasteiger partial charge in [-0.05, 0) is 30.9 Å². The molecule has 0 saturated heterocycles. The normalized spacial score (nSPS) is 12.5. The number of carbonyl (C=O) groups is 2. The number of rotatable bonds is 5. The Hall–Kier alpha value is -2.94. The van der Waals surface area contributed by atoms with E-state index in [0.717, 1.165) is 29.7 Å². The summed E-state index contributed by atoms with van der Waals surface area (Å²) in [4.78, 5) is 35.6. The zero-order chi connectivity index (χ0) is 18.1. The molecule has 1 aliphatic carbocycles. The number of nitrogens with two attached hydrogens (primary N) is 1. The average Bonchev–Trinajstić information content (AvgIpc) is 3.14. The summed E-state index contributed by atoms with van der Waals surface area (Å²) >= 11 is 1.35. The van der Waals surface area contributed by atoms with Gasteiger partial charge < -0.3 is 15.8 Å². The molecule has 0 spiro atoms. The van der Waals surface area contributed by atoms with Crippen molar-refractivity contribution in [3.05, 3.63) is 49.9 Å². The smallest absolute Gasteiger partial charge is 0.310 e. The predicted molar refractivity (Wildman–Crippen MR) is 92.5 cm³/mol. The maximum Gasteiger partial charge on any atom is 0.310 e. The van der Waals surface area contributed by atoms with E-state index in [1.165, 1.54) is 36.6 Å². The van der Waals surface area contributed by atoms with E-state index in [4.69, 9.17) is 10.5 Å². The standard InChI is InChI=1S/C16H15N3O5S/c1-24-11-7-8(5-6-10(11)19(22)23)15(21)18-16-13(14(17)20)9-3-2-4-12(9)25-16/h5-7H,2-4H2,1H3,(H2,17,20)(H,18,21). The Morgan fingerprint density at radius 2 is 2.12 bits per heavy atom. The molecular formula is C16H15N3O5S. The van der Waals surface area contributed by atoms with Crippen molar-refractivity contribution in [2.45, 2.75) is 19.3 Å². The first-order valence-corrected chi connectivity index (χ1v) is 8.32. The minimum atomic E-state index is -0.588. The first-order valence-electron chi connectivity index (χ1n) is 7.50. The molecule has 2 amide bonds. The first kappa shape index (κ1) is 16.9. The number of benzene rings is 1. The molecule has 3 N–H and O–H groups in total. The monoisotopic (exact) mass is 361 g/mol. The zero-order valence-electron chi connectivity index (χ0n) is 13.3. The minimum Gasteiger partial charge on any atom is -0.490 e. The molecule has 3 rings (SSSR count). The third-order valence-corrected chi connectivity index (χ3v) is 5.24. The fraction of sp³-hybridized carbons (Fsp3) is 0.250. The van der Waals surface area contributed by atoms with Gasteiger partial charge in [0.15, 0.2) is 5.75 Å². The molecule has 2 aromatic rings. The summed E-state index contributed by atoms with van der Waals surface area (Å²) in [5.74, 6) is -1.08. The molecule has 0 aliphatic heterocycles. The largest absolute Gasteiger partial charge is 0.490 e. The third-order valence-electron chi connectivity index (χ3n) is 4.03. The van der Waals surface area contributed by atoms with Crippen LogP contribution in [-0.2, 0) is 12.8 Å². The Morgan fingerprint density at radius 3 is 2.76 bits per heavy atom. The number of hydrogen-bond donors (Lipinski definition) is 2. The SMILES string of the molecule is COc1cc(C(=O)Nc2sc3c(c2C(N)=O)CCC3)ccc1[N+](=O)[O-]. The van der Waals surface area contributed by atoms with E-state index in [1.807, 2.05) is 0 Å². The lowest BCUT2D eigenvalue weighted by Gasteiger charge is -2.07. The molecule has 1 aromatic carbocycles. The molecule has 25 heavy (non-hydrogen) atoms. The highest BCUT2D eigenvalue weighted by Gasteiger charge is 2.26. The summed E-state index contributed by atoms with van der Waals surface area (Å²) in [5, 5.41) is 14.0. The van der Waals surface area contributed by atoms with E-state index in [1.54, 1.807) is 0 Å². The number of thiophene rings is 1. The van der Waals surface area contributed by atoms with Crippen molar-refractivity contribution in [3.8, 4) is 5.75 Å². The van der Waals surface area contributed by atoms with E-state index < -0.39 is 16.7 Å². The van der Waals surface area contributed by atoms with Gasteiger partial charge in [-0.1, -0.05) is 0 Å². The number of hydrogen-bond acceptors (Lipinski definition) is 6. The van der Waals surface area contributed by atoms with Crippen LogP contribution in [0.4, 0.5) is 10.7 Å². The second-order valence-electron chi connectivity index (χ2n) is 5.52. The van der Waals surface area contributed by atoms with Crippen LogP contribution in [0.15, 0.2) is 18.2 Å². The van der Waals surface area contributed by atoms with Crippen molar-refractivity contribution < 1.29 is 19.2 Å². The van der Waals surface area contributed by atoms with Crippen LogP contribution in [0.25, 0.3) is 0 Å². The number of aryl methyl sites for hydroxylation is 1. The number of nitrogens with zero attached hydrogens (tertiary/aromatic N) is 1. The highest BCUT2D eigenvalue weighted by atomic mass is 32.1. The van der Waals surface area contributed by atoms with Crippen LogP contribution in [0.1, 0.15) is 37.6 Å². The van der Waals surface area contributed by atoms with Gasteiger partial charge in [0.2, 0.25) is 0 Å². The van der Waals surface area contributed by atoms with Crippen LogP contribution in [0.2, 0.25) is 0 Å². The number of nitro benzene ring substituents is 1. The van der Waals surface area contributed by atoms with Gasteiger partial charge in [-0.2, -0.15) is 0 Å². The number of anilines is 1. The Labute approximate surface area is 146 Å². The lowest BCUT2D eigenvalue weighted by Crippen LogP contribution is -2.18. The van der Waals surface area contributed by atoms with E-state index in [9.17, 15) is 19.7 Å². The number of primary amides is 1. The van der Waals surface area contributed by atoms with Crippen molar-refractivity contribution in [3.63, 3.8) is 0 Å². The first-order chi connectivity index (χ1) is 11.9. The molecular weight excluding hydrogens is 346 g/mol. The summed E-state index contributed by atoms with van der Waals surface area (Å²) in [5.41, 5.74) is 6.70. The van der Waals surface area contributed by atoms with Crippen molar-refractivity contribution in [1.29, 1.82) is 0 Å². The van der Waals surface area contributed by atoms with E-state index in [0.29, 0.717) is 10.6 Å². The quantitative estimate of drug-likeness (QED) is 0.625. The summed E-state index contributed by atoms with van der Waals surface area (Å²) < 4.78 is 4.97. The second kappa shape index (κ2) is 6.52. The number of ether oxygens (including phenoxy) is 1. The van der Waals surface area contributed by atoms with Gasteiger partial charge in [0, 0.05) is 22.6 Å². The lowest BCUT2D eigenvalue weighted by atomic mass is 10.1. The molecule has 0 fully saturated rings. The Bertz CT molecular complexity index is 890. The van der Waals surface area contributed by atoms with Crippen LogP contribution in [0, 0.1) is 10.1 Å². The molecule has 0 bridgehead atoms. The summed E-state index contributed by atoms with van der Waals surface area (Å²) in [6.45, 7) is 0. The van der Waals surface area contributed by atoms with Crippen LogP contribution in [0.3, 0.4) is 0 Å². The Balaban J connectivity index is 1.91. The van der Waals surface area contributed by atoms with Gasteiger partial charge in [-0.15, -0.1) is 11.3 Å². The Morgan fingerprint density at radius 1 is 1.36 bits per heavy atom. The zero-order valence-corrected chi connectivity index (χ0v) is 14.1. The molecule has 130 valence electrons. The molecule has 9 heteroatoms. The minimum absolute atomic E-state index is 0.0125. The number of nitro groups is 1. The molecule has 1 aromatic heterocycles. The van der Waals surface area contributed by atoms with Gasteiger partial charge >= 0.3 is 5.69 Å². The van der Waals surface area contributed by atoms with Crippen molar-refractivity contribution in [2.24, 2.45) is 5.73 Å². The van der Waals surface area contributed by atoms with Crippen molar-refractivity contribution in [2.75, 3.05) is 12.4 Å². The summed E-state index contributed by atoms with van der Waals surface area (Å²) in [6, 6.07) is 3.83. The van der Waals surface area contributed by atoms with E-state index in [2.05, 4.69) is 5.32 Å². The second-order valence-corrected chi connectivity index (χ2v) is 6.63. The van der Waals surface area contributed by atoms with Crippen LogP contribution >= 0.6 is 11.3 Å². The third kappa shape index (κ3) is 3.05. The predicted octanol–water partition coefficient (Wildman–Crippen LogP) is 2.50. The molecule has 1 aliphatic rings. The molecule has 0 saturated carbocycles. The number of amides is 2. The molecule has 0 atom stereocenters. The highest BCUT2D eigenvalue weighted by Crippen LogP contribution is 2.39. The van der Waals surface area contributed by atoms with E-state index >= 15 is 0 Å². The maximum absolute atomic E-state index is 12.5. The van der Waals surface area contributed by atoms with Crippen molar-refractivity contribution in [1.82, 2.24) is 0 Å². The van der Waals surface area contributed by atoms with Gasteiger partial charge in [0.1, 0.15) is 5.00 Å². The fourth-order valence-electron chi connectivity index (χ4n) is 2.90. The Kier molecular flexibility index (Phi) is 4.41. The molecule has 8 nitrogen and oxygen atoms in total. The number of fused-ring (bicyclic) bond motifs is 1. The van der Waals surface area contributed by atoms with Crippen LogP contribution < -0.4 is 15.8 Å². The van der Waals surface area contributed by atoms with Gasteiger partial charge in [0.25, 0.3) is 11.8 Å². The summed E-state index contributed by atoms with van der Waals surface area (Å²) in [7, 11) is 1.29. The maximum atomic E-state index is 12.5. The fourth-order valence-corrected chi connectivity index (χ4v) is 4.19. The van der Waals surface area contributed by atoms with Crippen LogP contribution in [0.5, 0.6) is 5.75 Å². The summed E-state index contributed by atoms with van der Waals surface area (Å²) in [6.07, 6.45) is 2.60. The van der Waals surface area contributed by atoms with Crippen LogP contribution in [-0.4, -0.2) is 23.8 Å². The van der Waals surface area contributed by atoms with E-state index in [-0.39, 0.29) is 17.0 Å². The number of carbonyl (C=O) groups excluding carboxylic acids is 2. The number of nitrogens with one attached hydrogen (secondary N) is 1. The van der Waals surface area contributed by atoms with Gasteiger partial charge in [-0.25, -0.2) is 0 Å².